The maximum absolute atomic E-state index is 13.1. The molecule has 1 unspecified atom stereocenters. The van der Waals surface area contributed by atoms with Gasteiger partial charge in [0.1, 0.15) is 6.04 Å². The van der Waals surface area contributed by atoms with Gasteiger partial charge in [-0.3, -0.25) is 9.80 Å². The first kappa shape index (κ1) is 21.6. The predicted molar refractivity (Wildman–Crippen MR) is 126 cm³/mol. The van der Waals surface area contributed by atoms with Crippen molar-refractivity contribution in [3.63, 3.8) is 0 Å². The molecule has 0 spiro atoms. The van der Waals surface area contributed by atoms with Gasteiger partial charge in [-0.05, 0) is 48.4 Å². The highest BCUT2D eigenvalue weighted by Gasteiger charge is 2.23. The summed E-state index contributed by atoms with van der Waals surface area (Å²) in [4.78, 5) is 25.6. The van der Waals surface area contributed by atoms with E-state index in [2.05, 4.69) is 21.1 Å². The fourth-order valence-electron chi connectivity index (χ4n) is 3.28. The number of nitrogens with zero attached hydrogens (tertiary/aromatic N) is 2. The van der Waals surface area contributed by atoms with Crippen molar-refractivity contribution >= 4 is 34.9 Å². The number of allylic oxidation sites excluding steroid dienone is 3. The lowest BCUT2D eigenvalue weighted by molar-refractivity contribution is -0.122. The number of carbonyl (C=O) groups excluding carboxylic acids is 2. The summed E-state index contributed by atoms with van der Waals surface area (Å²) in [6.45, 7) is 1.99. The number of nitrogens with one attached hydrogen (secondary N) is 3. The molecule has 1 fully saturated rings. The molecule has 3 amide bonds. The number of carbonyl (C=O) groups is 2. The lowest BCUT2D eigenvalue weighted by Gasteiger charge is -2.28. The van der Waals surface area contributed by atoms with E-state index in [0.29, 0.717) is 28.4 Å². The Morgan fingerprint density at radius 3 is 2.34 bits per heavy atom. The number of anilines is 1. The van der Waals surface area contributed by atoms with Gasteiger partial charge < -0.3 is 16.0 Å². The fraction of sp³-hybridized carbons (Fsp3) is 0.208. The van der Waals surface area contributed by atoms with E-state index < -0.39 is 12.1 Å². The van der Waals surface area contributed by atoms with E-state index in [1.165, 1.54) is 6.42 Å². The van der Waals surface area contributed by atoms with E-state index in [1.54, 1.807) is 36.4 Å². The topological polar surface area (TPSA) is 85.8 Å². The number of hydrogen-bond donors (Lipinski definition) is 3. The van der Waals surface area contributed by atoms with Crippen LogP contribution in [0.25, 0.3) is 0 Å². The highest BCUT2D eigenvalue weighted by molar-refractivity contribution is 6.30. The average Bonchev–Trinajstić information content (AvgIpc) is 2.78. The molecule has 0 bridgehead atoms. The Balaban J connectivity index is 1.41. The van der Waals surface area contributed by atoms with Crippen LogP contribution in [0.3, 0.4) is 0 Å². The molecule has 0 radical (unpaired) electrons. The third-order valence-electron chi connectivity index (χ3n) is 5.13. The summed E-state index contributed by atoms with van der Waals surface area (Å²) in [5, 5.41) is 15.5. The second-order valence-electron chi connectivity index (χ2n) is 7.53. The van der Waals surface area contributed by atoms with Gasteiger partial charge in [0.15, 0.2) is 0 Å². The van der Waals surface area contributed by atoms with Crippen LogP contribution >= 0.6 is 11.6 Å². The van der Waals surface area contributed by atoms with Crippen LogP contribution in [0, 0.1) is 0 Å². The Morgan fingerprint density at radius 1 is 0.969 bits per heavy atom. The highest BCUT2D eigenvalue weighted by atomic mass is 35.5. The van der Waals surface area contributed by atoms with Gasteiger partial charge in [-0.1, -0.05) is 48.0 Å². The van der Waals surface area contributed by atoms with Crippen molar-refractivity contribution in [3.8, 4) is 0 Å². The van der Waals surface area contributed by atoms with Crippen LogP contribution in [-0.4, -0.2) is 35.7 Å². The van der Waals surface area contributed by atoms with Gasteiger partial charge in [-0.25, -0.2) is 4.79 Å². The summed E-state index contributed by atoms with van der Waals surface area (Å²) < 4.78 is 0. The SMILES string of the molecule is O=C(Nc1ccc(Cl)cc1)NC(C(=O)NC1=CCC(=NN2CCC2)C=C1)c1ccccc1. The van der Waals surface area contributed by atoms with Crippen molar-refractivity contribution in [3.05, 3.63) is 89.1 Å². The Kier molecular flexibility index (Phi) is 6.87. The van der Waals surface area contributed by atoms with E-state index in [1.807, 2.05) is 41.4 Å². The van der Waals surface area contributed by atoms with Crippen molar-refractivity contribution in [2.24, 2.45) is 5.10 Å². The first-order valence-corrected chi connectivity index (χ1v) is 10.8. The van der Waals surface area contributed by atoms with Crippen LogP contribution in [0.5, 0.6) is 0 Å². The first-order valence-electron chi connectivity index (χ1n) is 10.5. The predicted octanol–water partition coefficient (Wildman–Crippen LogP) is 4.22. The molecule has 3 N–H and O–H groups in total. The molecule has 164 valence electrons. The Labute approximate surface area is 191 Å². The number of hydrazone groups is 1. The van der Waals surface area contributed by atoms with Crippen molar-refractivity contribution in [2.75, 3.05) is 18.4 Å². The van der Waals surface area contributed by atoms with Crippen molar-refractivity contribution in [2.45, 2.75) is 18.9 Å². The molecule has 0 aromatic heterocycles. The third-order valence-corrected chi connectivity index (χ3v) is 5.38. The molecule has 1 saturated heterocycles. The Morgan fingerprint density at radius 2 is 1.72 bits per heavy atom. The van der Waals surface area contributed by atoms with E-state index >= 15 is 0 Å². The molecule has 8 heteroatoms. The number of urea groups is 1. The maximum atomic E-state index is 13.1. The van der Waals surface area contributed by atoms with Crippen LogP contribution in [0.15, 0.2) is 83.6 Å². The summed E-state index contributed by atoms with van der Waals surface area (Å²) in [5.41, 5.74) is 2.89. The highest BCUT2D eigenvalue weighted by Crippen LogP contribution is 2.17. The first-order chi connectivity index (χ1) is 15.6. The smallest absolute Gasteiger partial charge is 0.320 e. The minimum atomic E-state index is -0.867. The molecule has 32 heavy (non-hydrogen) atoms. The van der Waals surface area contributed by atoms with Gasteiger partial charge in [0.05, 0.1) is 5.71 Å². The second-order valence-corrected chi connectivity index (χ2v) is 7.97. The molecular formula is C24H24ClN5O2. The van der Waals surface area contributed by atoms with Crippen LogP contribution in [-0.2, 0) is 4.79 Å². The molecule has 2 aromatic carbocycles. The third kappa shape index (κ3) is 5.76. The quantitative estimate of drug-likeness (QED) is 0.617. The largest absolute Gasteiger partial charge is 0.324 e. The zero-order valence-corrected chi connectivity index (χ0v) is 18.2. The zero-order valence-electron chi connectivity index (χ0n) is 17.4. The van der Waals surface area contributed by atoms with Crippen LogP contribution in [0.2, 0.25) is 5.02 Å². The molecule has 7 nitrogen and oxygen atoms in total. The van der Waals surface area contributed by atoms with E-state index in [4.69, 9.17) is 11.6 Å². The van der Waals surface area contributed by atoms with Crippen molar-refractivity contribution in [1.29, 1.82) is 0 Å². The van der Waals surface area contributed by atoms with Gasteiger partial charge in [0.2, 0.25) is 0 Å². The van der Waals surface area contributed by atoms with E-state index in [9.17, 15) is 9.59 Å². The molecule has 0 saturated carbocycles. The summed E-state index contributed by atoms with van der Waals surface area (Å²) in [6.07, 6.45) is 7.48. The molecule has 2 aromatic rings. The maximum Gasteiger partial charge on any atom is 0.320 e. The lowest BCUT2D eigenvalue weighted by Crippen LogP contribution is -2.41. The summed E-state index contributed by atoms with van der Waals surface area (Å²) >= 11 is 5.89. The summed E-state index contributed by atoms with van der Waals surface area (Å²) in [7, 11) is 0. The zero-order chi connectivity index (χ0) is 22.3. The minimum absolute atomic E-state index is 0.332. The number of rotatable bonds is 6. The Bertz CT molecular complexity index is 1060. The fourth-order valence-corrected chi connectivity index (χ4v) is 3.40. The van der Waals surface area contributed by atoms with Crippen LogP contribution in [0.1, 0.15) is 24.4 Å². The van der Waals surface area contributed by atoms with Crippen LogP contribution < -0.4 is 16.0 Å². The number of amides is 3. The van der Waals surface area contributed by atoms with Gasteiger partial charge >= 0.3 is 6.03 Å². The van der Waals surface area contributed by atoms with Crippen molar-refractivity contribution < 1.29 is 9.59 Å². The molecule has 1 heterocycles. The molecule has 1 aliphatic carbocycles. The second kappa shape index (κ2) is 10.2. The standard InChI is InChI=1S/C24H24ClN5O2/c25-18-7-9-20(10-8-18)27-24(32)28-22(17-5-2-1-3-6-17)23(31)26-19-11-13-21(14-12-19)29-30-15-4-16-30/h1-3,5-13,22H,4,14-16H2,(H,26,31)(H2,27,28,32). The summed E-state index contributed by atoms with van der Waals surface area (Å²) in [5.74, 6) is -0.332. The Hall–Kier alpha value is -3.58. The summed E-state index contributed by atoms with van der Waals surface area (Å²) in [6, 6.07) is 14.5. The van der Waals surface area contributed by atoms with E-state index in [0.717, 1.165) is 18.8 Å². The average molecular weight is 450 g/mol. The number of hydrogen-bond acceptors (Lipinski definition) is 4. The number of halogens is 1. The van der Waals surface area contributed by atoms with Crippen LogP contribution in [0.4, 0.5) is 10.5 Å². The van der Waals surface area contributed by atoms with Crippen molar-refractivity contribution in [1.82, 2.24) is 15.6 Å². The van der Waals surface area contributed by atoms with Gasteiger partial charge in [-0.2, -0.15) is 5.10 Å². The minimum Gasteiger partial charge on any atom is -0.324 e. The lowest BCUT2D eigenvalue weighted by atomic mass is 10.1. The molecule has 1 atom stereocenters. The molecule has 1 aliphatic heterocycles. The molecular weight excluding hydrogens is 426 g/mol. The van der Waals surface area contributed by atoms with Gasteiger partial charge in [0, 0.05) is 35.9 Å². The molecule has 4 rings (SSSR count). The monoisotopic (exact) mass is 449 g/mol. The van der Waals surface area contributed by atoms with E-state index in [-0.39, 0.29) is 5.91 Å². The molecule has 2 aliphatic rings. The van der Waals surface area contributed by atoms with Gasteiger partial charge in [-0.15, -0.1) is 0 Å². The normalized spacial score (nSPS) is 17.2. The van der Waals surface area contributed by atoms with Gasteiger partial charge in [0.25, 0.3) is 5.91 Å². The number of benzene rings is 2.